The molecule has 142 valence electrons. The maximum Gasteiger partial charge on any atom is 0.251 e. The Kier molecular flexibility index (Phi) is 6.19. The molecule has 0 bridgehead atoms. The number of nitrogens with one attached hydrogen (secondary N) is 1. The number of aliphatic hydroxyl groups is 1. The number of carbonyl (C=O) groups excluding carboxylic acids is 2. The summed E-state index contributed by atoms with van der Waals surface area (Å²) in [7, 11) is 0. The van der Waals surface area contributed by atoms with Crippen molar-refractivity contribution in [2.45, 2.75) is 18.9 Å². The molecule has 6 heteroatoms. The van der Waals surface area contributed by atoms with Gasteiger partial charge in [-0.3, -0.25) is 9.59 Å². The van der Waals surface area contributed by atoms with Gasteiger partial charge in [0.15, 0.2) is 0 Å². The number of piperidine rings is 1. The SMILES string of the molecule is O=C(NCC(=O)N1CCC(C(O)c2ccccc2)CC1)c1cccc(F)c1. The van der Waals surface area contributed by atoms with Crippen molar-refractivity contribution >= 4 is 11.8 Å². The van der Waals surface area contributed by atoms with Gasteiger partial charge in [-0.25, -0.2) is 4.39 Å². The molecule has 2 N–H and O–H groups in total. The van der Waals surface area contributed by atoms with Crippen LogP contribution >= 0.6 is 0 Å². The molecule has 0 aliphatic carbocycles. The second kappa shape index (κ2) is 8.77. The normalized spacial score (nSPS) is 16.0. The highest BCUT2D eigenvalue weighted by atomic mass is 19.1. The number of hydrogen-bond acceptors (Lipinski definition) is 3. The molecule has 1 aliphatic heterocycles. The van der Waals surface area contributed by atoms with Crippen molar-refractivity contribution in [1.29, 1.82) is 0 Å². The molecule has 1 unspecified atom stereocenters. The van der Waals surface area contributed by atoms with Gasteiger partial charge in [0, 0.05) is 18.7 Å². The van der Waals surface area contributed by atoms with Gasteiger partial charge < -0.3 is 15.3 Å². The molecular formula is C21H23FN2O3. The Balaban J connectivity index is 1.46. The van der Waals surface area contributed by atoms with Crippen LogP contribution in [0.5, 0.6) is 0 Å². The lowest BCUT2D eigenvalue weighted by Crippen LogP contribution is -2.44. The van der Waals surface area contributed by atoms with Gasteiger partial charge in [0.2, 0.25) is 5.91 Å². The molecule has 0 saturated carbocycles. The van der Waals surface area contributed by atoms with Crippen LogP contribution in [0, 0.1) is 11.7 Å². The summed E-state index contributed by atoms with van der Waals surface area (Å²) in [5.74, 6) is -1.03. The average Bonchev–Trinajstić information content (AvgIpc) is 2.72. The Hall–Kier alpha value is -2.73. The molecular weight excluding hydrogens is 347 g/mol. The minimum absolute atomic E-state index is 0.110. The van der Waals surface area contributed by atoms with Crippen molar-refractivity contribution in [3.05, 3.63) is 71.5 Å². The average molecular weight is 370 g/mol. The summed E-state index contributed by atoms with van der Waals surface area (Å²) >= 11 is 0. The molecule has 1 fully saturated rings. The zero-order valence-electron chi connectivity index (χ0n) is 15.0. The lowest BCUT2D eigenvalue weighted by molar-refractivity contribution is -0.132. The third-order valence-electron chi connectivity index (χ3n) is 4.97. The van der Waals surface area contributed by atoms with Crippen LogP contribution in [0.3, 0.4) is 0 Å². The summed E-state index contributed by atoms with van der Waals surface area (Å²) in [6.45, 7) is 0.966. The number of hydrogen-bond donors (Lipinski definition) is 2. The van der Waals surface area contributed by atoms with E-state index in [0.717, 1.165) is 11.6 Å². The molecule has 1 saturated heterocycles. The number of likely N-dealkylation sites (tertiary alicyclic amines) is 1. The largest absolute Gasteiger partial charge is 0.388 e. The lowest BCUT2D eigenvalue weighted by atomic mass is 9.87. The number of amides is 2. The second-order valence-corrected chi connectivity index (χ2v) is 6.77. The van der Waals surface area contributed by atoms with Gasteiger partial charge in [0.1, 0.15) is 5.82 Å². The molecule has 0 aromatic heterocycles. The smallest absolute Gasteiger partial charge is 0.251 e. The summed E-state index contributed by atoms with van der Waals surface area (Å²) in [5.41, 5.74) is 1.08. The molecule has 27 heavy (non-hydrogen) atoms. The van der Waals surface area contributed by atoms with Gasteiger partial charge in [0.05, 0.1) is 12.6 Å². The highest BCUT2D eigenvalue weighted by molar-refractivity contribution is 5.96. The van der Waals surface area contributed by atoms with E-state index < -0.39 is 17.8 Å². The van der Waals surface area contributed by atoms with E-state index in [1.807, 2.05) is 30.3 Å². The van der Waals surface area contributed by atoms with Crippen molar-refractivity contribution in [3.63, 3.8) is 0 Å². The van der Waals surface area contributed by atoms with Gasteiger partial charge in [-0.1, -0.05) is 36.4 Å². The Bertz CT molecular complexity index is 789. The zero-order valence-corrected chi connectivity index (χ0v) is 15.0. The van der Waals surface area contributed by atoms with Crippen LogP contribution in [0.25, 0.3) is 0 Å². The lowest BCUT2D eigenvalue weighted by Gasteiger charge is -2.34. The highest BCUT2D eigenvalue weighted by Gasteiger charge is 2.28. The van der Waals surface area contributed by atoms with Crippen LogP contribution < -0.4 is 5.32 Å². The van der Waals surface area contributed by atoms with E-state index in [0.29, 0.717) is 25.9 Å². The van der Waals surface area contributed by atoms with E-state index in [-0.39, 0.29) is 23.9 Å². The number of carbonyl (C=O) groups is 2. The first kappa shape index (κ1) is 19.0. The number of nitrogens with zero attached hydrogens (tertiary/aromatic N) is 1. The molecule has 1 atom stereocenters. The summed E-state index contributed by atoms with van der Waals surface area (Å²) in [4.78, 5) is 26.0. The Morgan fingerprint density at radius 3 is 2.48 bits per heavy atom. The maximum absolute atomic E-state index is 13.2. The minimum Gasteiger partial charge on any atom is -0.388 e. The molecule has 2 amide bonds. The predicted molar refractivity (Wildman–Crippen MR) is 99.4 cm³/mol. The van der Waals surface area contributed by atoms with Crippen molar-refractivity contribution < 1.29 is 19.1 Å². The van der Waals surface area contributed by atoms with Crippen LogP contribution in [-0.2, 0) is 4.79 Å². The fraction of sp³-hybridized carbons (Fsp3) is 0.333. The summed E-state index contributed by atoms with van der Waals surface area (Å²) in [6.07, 6.45) is 0.885. The van der Waals surface area contributed by atoms with Crippen LogP contribution in [-0.4, -0.2) is 41.5 Å². The topological polar surface area (TPSA) is 69.6 Å². The monoisotopic (exact) mass is 370 g/mol. The van der Waals surface area contributed by atoms with Gasteiger partial charge in [-0.2, -0.15) is 0 Å². The van der Waals surface area contributed by atoms with Gasteiger partial charge in [-0.15, -0.1) is 0 Å². The Morgan fingerprint density at radius 2 is 1.81 bits per heavy atom. The first-order chi connectivity index (χ1) is 13.0. The molecule has 1 heterocycles. The maximum atomic E-state index is 13.2. The number of halogens is 1. The highest BCUT2D eigenvalue weighted by Crippen LogP contribution is 2.30. The van der Waals surface area contributed by atoms with E-state index in [1.165, 1.54) is 18.2 Å². The molecule has 3 rings (SSSR count). The minimum atomic E-state index is -0.531. The van der Waals surface area contributed by atoms with Crippen LogP contribution in [0.1, 0.15) is 34.9 Å². The summed E-state index contributed by atoms with van der Waals surface area (Å²) < 4.78 is 13.2. The molecule has 2 aromatic carbocycles. The van der Waals surface area contributed by atoms with Crippen molar-refractivity contribution in [2.24, 2.45) is 5.92 Å². The number of rotatable bonds is 5. The third kappa shape index (κ3) is 4.92. The van der Waals surface area contributed by atoms with E-state index in [9.17, 15) is 19.1 Å². The number of aliphatic hydroxyl groups excluding tert-OH is 1. The van der Waals surface area contributed by atoms with Gasteiger partial charge in [-0.05, 0) is 42.5 Å². The van der Waals surface area contributed by atoms with Crippen molar-refractivity contribution in [2.75, 3.05) is 19.6 Å². The van der Waals surface area contributed by atoms with E-state index in [1.54, 1.807) is 4.90 Å². The van der Waals surface area contributed by atoms with Gasteiger partial charge in [0.25, 0.3) is 5.91 Å². The third-order valence-corrected chi connectivity index (χ3v) is 4.97. The molecule has 0 radical (unpaired) electrons. The molecule has 5 nitrogen and oxygen atoms in total. The zero-order chi connectivity index (χ0) is 19.2. The molecule has 0 spiro atoms. The Labute approximate surface area is 157 Å². The fourth-order valence-corrected chi connectivity index (χ4v) is 3.39. The van der Waals surface area contributed by atoms with Crippen molar-refractivity contribution in [1.82, 2.24) is 10.2 Å². The number of benzene rings is 2. The summed E-state index contributed by atoms with van der Waals surface area (Å²) in [5, 5.41) is 13.0. The standard InChI is InChI=1S/C21H23FN2O3/c22-18-8-4-7-17(13-18)21(27)23-14-19(25)24-11-9-16(10-12-24)20(26)15-5-2-1-3-6-15/h1-8,13,16,20,26H,9-12,14H2,(H,23,27). The predicted octanol–water partition coefficient (Wildman–Crippen LogP) is 2.53. The first-order valence-corrected chi connectivity index (χ1v) is 9.09. The van der Waals surface area contributed by atoms with Crippen LogP contribution in [0.15, 0.2) is 54.6 Å². The molecule has 2 aromatic rings. The molecule has 1 aliphatic rings. The van der Waals surface area contributed by atoms with Gasteiger partial charge >= 0.3 is 0 Å². The van der Waals surface area contributed by atoms with E-state index >= 15 is 0 Å². The van der Waals surface area contributed by atoms with E-state index in [2.05, 4.69) is 5.32 Å². The summed E-state index contributed by atoms with van der Waals surface area (Å²) in [6, 6.07) is 14.9. The van der Waals surface area contributed by atoms with Crippen LogP contribution in [0.2, 0.25) is 0 Å². The second-order valence-electron chi connectivity index (χ2n) is 6.77. The van der Waals surface area contributed by atoms with Crippen LogP contribution in [0.4, 0.5) is 4.39 Å². The Morgan fingerprint density at radius 1 is 1.11 bits per heavy atom. The van der Waals surface area contributed by atoms with E-state index in [4.69, 9.17) is 0 Å². The quantitative estimate of drug-likeness (QED) is 0.850. The van der Waals surface area contributed by atoms with Crippen molar-refractivity contribution in [3.8, 4) is 0 Å². The first-order valence-electron chi connectivity index (χ1n) is 9.09. The fourth-order valence-electron chi connectivity index (χ4n) is 3.39.